The van der Waals surface area contributed by atoms with Crippen LogP contribution in [0.1, 0.15) is 26.3 Å². The normalized spacial score (nSPS) is 10.1. The Morgan fingerprint density at radius 2 is 1.90 bits per heavy atom. The van der Waals surface area contributed by atoms with Crippen molar-refractivity contribution in [3.8, 4) is 0 Å². The lowest BCUT2D eigenvalue weighted by Crippen LogP contribution is -2.24. The molecule has 6 heteroatoms. The van der Waals surface area contributed by atoms with Gasteiger partial charge in [0.2, 0.25) is 0 Å². The van der Waals surface area contributed by atoms with Crippen LogP contribution >= 0.6 is 11.6 Å². The van der Waals surface area contributed by atoms with Crippen molar-refractivity contribution in [3.05, 3.63) is 58.4 Å². The number of anilines is 1. The molecule has 0 radical (unpaired) electrons. The van der Waals surface area contributed by atoms with Crippen molar-refractivity contribution in [2.45, 2.75) is 6.92 Å². The summed E-state index contributed by atoms with van der Waals surface area (Å²) in [6.45, 7) is 1.59. The smallest absolute Gasteiger partial charge is 0.258 e. The molecular formula is C14H10ClN2O3-. The average Bonchev–Trinajstić information content (AvgIpc) is 2.41. The summed E-state index contributed by atoms with van der Waals surface area (Å²) in [6, 6.07) is 7.66. The van der Waals surface area contributed by atoms with E-state index >= 15 is 0 Å². The van der Waals surface area contributed by atoms with E-state index in [1.54, 1.807) is 19.1 Å². The van der Waals surface area contributed by atoms with Crippen molar-refractivity contribution in [3.63, 3.8) is 0 Å². The van der Waals surface area contributed by atoms with Gasteiger partial charge >= 0.3 is 0 Å². The minimum atomic E-state index is -1.29. The first-order valence-electron chi connectivity index (χ1n) is 5.73. The van der Waals surface area contributed by atoms with Crippen LogP contribution in [0.2, 0.25) is 5.15 Å². The summed E-state index contributed by atoms with van der Waals surface area (Å²) in [7, 11) is 0. The number of carboxylic acids is 1. The second-order valence-electron chi connectivity index (χ2n) is 4.06. The maximum absolute atomic E-state index is 12.1. The zero-order valence-corrected chi connectivity index (χ0v) is 11.3. The summed E-state index contributed by atoms with van der Waals surface area (Å²) in [6.07, 6.45) is 1.47. The molecule has 1 amide bonds. The molecule has 0 fully saturated rings. The van der Waals surface area contributed by atoms with Crippen molar-refractivity contribution in [2.75, 3.05) is 5.32 Å². The van der Waals surface area contributed by atoms with E-state index in [0.717, 1.165) is 0 Å². The van der Waals surface area contributed by atoms with Crippen LogP contribution in [0.4, 0.5) is 5.69 Å². The highest BCUT2D eigenvalue weighted by molar-refractivity contribution is 6.33. The lowest BCUT2D eigenvalue weighted by atomic mass is 10.1. The van der Waals surface area contributed by atoms with Crippen LogP contribution in [0.5, 0.6) is 0 Å². The number of benzene rings is 1. The molecule has 1 aromatic heterocycles. The van der Waals surface area contributed by atoms with Gasteiger partial charge in [-0.05, 0) is 30.7 Å². The predicted octanol–water partition coefficient (Wildman–Crippen LogP) is 1.66. The molecule has 0 saturated heterocycles. The van der Waals surface area contributed by atoms with Crippen molar-refractivity contribution in [2.24, 2.45) is 0 Å². The third kappa shape index (κ3) is 2.78. The number of hydrogen-bond donors (Lipinski definition) is 1. The first-order chi connectivity index (χ1) is 9.50. The number of nitrogens with one attached hydrogen (secondary N) is 1. The molecule has 0 aliphatic heterocycles. The van der Waals surface area contributed by atoms with Gasteiger partial charge in [0.1, 0.15) is 5.15 Å². The van der Waals surface area contributed by atoms with Gasteiger partial charge in [-0.25, -0.2) is 4.98 Å². The van der Waals surface area contributed by atoms with Crippen LogP contribution in [-0.2, 0) is 0 Å². The highest BCUT2D eigenvalue weighted by atomic mass is 35.5. The average molecular weight is 290 g/mol. The molecule has 0 spiro atoms. The van der Waals surface area contributed by atoms with Gasteiger partial charge in [0.05, 0.1) is 11.5 Å². The summed E-state index contributed by atoms with van der Waals surface area (Å²) in [4.78, 5) is 26.8. The predicted molar refractivity (Wildman–Crippen MR) is 72.7 cm³/mol. The summed E-state index contributed by atoms with van der Waals surface area (Å²) in [5, 5.41) is 13.6. The van der Waals surface area contributed by atoms with Gasteiger partial charge in [0, 0.05) is 17.4 Å². The molecule has 102 valence electrons. The lowest BCUT2D eigenvalue weighted by molar-refractivity contribution is -0.255. The lowest BCUT2D eigenvalue weighted by Gasteiger charge is -2.13. The summed E-state index contributed by atoms with van der Waals surface area (Å²) in [5.41, 5.74) is 1.05. The molecule has 0 atom stereocenters. The maximum Gasteiger partial charge on any atom is 0.258 e. The molecule has 0 unspecified atom stereocenters. The fraction of sp³-hybridized carbons (Fsp3) is 0.0714. The number of carbonyl (C=O) groups is 2. The van der Waals surface area contributed by atoms with Gasteiger partial charge in [-0.1, -0.05) is 23.7 Å². The third-order valence-corrected chi connectivity index (χ3v) is 3.11. The van der Waals surface area contributed by atoms with E-state index in [1.807, 2.05) is 0 Å². The Bertz CT molecular complexity index is 686. The first kappa shape index (κ1) is 14.0. The Kier molecular flexibility index (Phi) is 4.00. The molecular weight excluding hydrogens is 280 g/mol. The molecule has 0 aliphatic rings. The Labute approximate surface area is 120 Å². The highest BCUT2D eigenvalue weighted by Crippen LogP contribution is 2.20. The first-order valence-corrected chi connectivity index (χ1v) is 6.11. The van der Waals surface area contributed by atoms with Crippen LogP contribution < -0.4 is 10.4 Å². The molecule has 2 rings (SSSR count). The van der Waals surface area contributed by atoms with Crippen molar-refractivity contribution < 1.29 is 14.7 Å². The molecule has 0 aliphatic carbocycles. The molecule has 1 aromatic carbocycles. The molecule has 20 heavy (non-hydrogen) atoms. The number of rotatable bonds is 3. The Hall–Kier alpha value is -2.40. The second kappa shape index (κ2) is 5.71. The zero-order valence-electron chi connectivity index (χ0n) is 10.5. The molecule has 1 heterocycles. The van der Waals surface area contributed by atoms with Crippen LogP contribution in [-0.4, -0.2) is 16.9 Å². The number of aromatic nitrogens is 1. The van der Waals surface area contributed by atoms with E-state index in [1.165, 1.54) is 24.4 Å². The van der Waals surface area contributed by atoms with E-state index in [2.05, 4.69) is 10.3 Å². The van der Waals surface area contributed by atoms with Gasteiger partial charge in [-0.2, -0.15) is 0 Å². The Morgan fingerprint density at radius 1 is 1.20 bits per heavy atom. The number of pyridine rings is 1. The van der Waals surface area contributed by atoms with E-state index in [9.17, 15) is 14.7 Å². The van der Waals surface area contributed by atoms with Gasteiger partial charge in [-0.3, -0.25) is 4.79 Å². The molecule has 5 nitrogen and oxygen atoms in total. The minimum absolute atomic E-state index is 0.0279. The molecule has 1 N–H and O–H groups in total. The quantitative estimate of drug-likeness (QED) is 0.871. The van der Waals surface area contributed by atoms with Crippen molar-refractivity contribution in [1.82, 2.24) is 4.98 Å². The number of hydrogen-bond acceptors (Lipinski definition) is 4. The fourth-order valence-electron chi connectivity index (χ4n) is 1.74. The van der Waals surface area contributed by atoms with Crippen molar-refractivity contribution >= 4 is 29.2 Å². The summed E-state index contributed by atoms with van der Waals surface area (Å²) >= 11 is 5.83. The monoisotopic (exact) mass is 289 g/mol. The van der Waals surface area contributed by atoms with Gasteiger partial charge in [0.25, 0.3) is 5.91 Å². The fourth-order valence-corrected chi connectivity index (χ4v) is 1.94. The summed E-state index contributed by atoms with van der Waals surface area (Å²) in [5.74, 6) is -1.75. The van der Waals surface area contributed by atoms with E-state index in [-0.39, 0.29) is 16.3 Å². The van der Waals surface area contributed by atoms with E-state index in [4.69, 9.17) is 11.6 Å². The summed E-state index contributed by atoms with van der Waals surface area (Å²) < 4.78 is 0. The van der Waals surface area contributed by atoms with Crippen LogP contribution in [0.3, 0.4) is 0 Å². The number of aromatic carboxylic acids is 1. The number of nitrogens with zero attached hydrogens (tertiary/aromatic N) is 1. The van der Waals surface area contributed by atoms with Gasteiger partial charge in [-0.15, -0.1) is 0 Å². The highest BCUT2D eigenvalue weighted by Gasteiger charge is 2.13. The number of carboxylic acid groups (broad SMARTS) is 1. The van der Waals surface area contributed by atoms with E-state index < -0.39 is 11.9 Å². The Morgan fingerprint density at radius 3 is 2.55 bits per heavy atom. The van der Waals surface area contributed by atoms with Gasteiger partial charge < -0.3 is 15.2 Å². The minimum Gasteiger partial charge on any atom is -0.545 e. The van der Waals surface area contributed by atoms with Crippen molar-refractivity contribution in [1.29, 1.82) is 0 Å². The SMILES string of the molecule is Cc1c(NC(=O)c2cccnc2Cl)cccc1C(=O)[O-]. The maximum atomic E-state index is 12.1. The van der Waals surface area contributed by atoms with E-state index in [0.29, 0.717) is 11.3 Å². The van der Waals surface area contributed by atoms with Crippen LogP contribution in [0, 0.1) is 6.92 Å². The number of amides is 1. The standard InChI is InChI=1S/C14H11ClN2O3/c1-8-9(14(19)20)4-2-6-11(8)17-13(18)10-5-3-7-16-12(10)15/h2-7H,1H3,(H,17,18)(H,19,20)/p-1. The van der Waals surface area contributed by atoms with Crippen LogP contribution in [0.15, 0.2) is 36.5 Å². The zero-order chi connectivity index (χ0) is 14.7. The molecule has 0 bridgehead atoms. The van der Waals surface area contributed by atoms with Gasteiger partial charge in [0.15, 0.2) is 0 Å². The third-order valence-electron chi connectivity index (χ3n) is 2.81. The molecule has 2 aromatic rings. The largest absolute Gasteiger partial charge is 0.545 e. The van der Waals surface area contributed by atoms with Crippen LogP contribution in [0.25, 0.3) is 0 Å². The second-order valence-corrected chi connectivity index (χ2v) is 4.42. The number of carbonyl (C=O) groups excluding carboxylic acids is 2. The topological polar surface area (TPSA) is 82.1 Å². The molecule has 0 saturated carbocycles. The Balaban J connectivity index is 2.32. The number of halogens is 1.